The van der Waals surface area contributed by atoms with Gasteiger partial charge in [-0.2, -0.15) is 0 Å². The number of carboxylic acids is 1. The van der Waals surface area contributed by atoms with Gasteiger partial charge in [0.2, 0.25) is 0 Å². The number of aromatic carboxylic acids is 1. The number of benzene rings is 1. The molecule has 1 aliphatic rings. The molecule has 0 atom stereocenters. The molecule has 0 bridgehead atoms. The number of hydrogen-bond donors (Lipinski definition) is 1. The first-order valence-corrected chi connectivity index (χ1v) is 6.11. The standard InChI is InChI=1S/C13H12FN3O2/c14-9-5-2-6-10(7-9)17-12(8-3-1-4-8)15-11(16-17)13(18)19/h2,5-8H,1,3-4H2,(H,18,19). The summed E-state index contributed by atoms with van der Waals surface area (Å²) in [6, 6.07) is 5.91. The summed E-state index contributed by atoms with van der Waals surface area (Å²) in [5, 5.41) is 12.9. The minimum Gasteiger partial charge on any atom is -0.475 e. The van der Waals surface area contributed by atoms with E-state index in [4.69, 9.17) is 5.11 Å². The molecule has 19 heavy (non-hydrogen) atoms. The van der Waals surface area contributed by atoms with Gasteiger partial charge >= 0.3 is 5.97 Å². The molecule has 0 spiro atoms. The van der Waals surface area contributed by atoms with Crippen molar-refractivity contribution >= 4 is 5.97 Å². The topological polar surface area (TPSA) is 68.0 Å². The highest BCUT2D eigenvalue weighted by molar-refractivity contribution is 5.83. The Hall–Kier alpha value is -2.24. The van der Waals surface area contributed by atoms with Crippen LogP contribution in [-0.4, -0.2) is 25.8 Å². The first-order chi connectivity index (χ1) is 9.15. The van der Waals surface area contributed by atoms with E-state index in [0.717, 1.165) is 19.3 Å². The van der Waals surface area contributed by atoms with Gasteiger partial charge in [0.05, 0.1) is 5.69 Å². The highest BCUT2D eigenvalue weighted by Crippen LogP contribution is 2.36. The first kappa shape index (κ1) is 11.8. The Kier molecular flexibility index (Phi) is 2.77. The average Bonchev–Trinajstić information content (AvgIpc) is 2.71. The summed E-state index contributed by atoms with van der Waals surface area (Å²) in [6.45, 7) is 0. The van der Waals surface area contributed by atoms with Crippen molar-refractivity contribution in [3.63, 3.8) is 0 Å². The highest BCUT2D eigenvalue weighted by atomic mass is 19.1. The predicted molar refractivity (Wildman–Crippen MR) is 64.9 cm³/mol. The van der Waals surface area contributed by atoms with Gasteiger partial charge in [-0.3, -0.25) is 0 Å². The van der Waals surface area contributed by atoms with Gasteiger partial charge in [0.15, 0.2) is 0 Å². The van der Waals surface area contributed by atoms with Crippen LogP contribution in [0.25, 0.3) is 5.69 Å². The number of rotatable bonds is 3. The molecule has 3 rings (SSSR count). The third-order valence-corrected chi connectivity index (χ3v) is 3.35. The van der Waals surface area contributed by atoms with Gasteiger partial charge in [-0.1, -0.05) is 12.5 Å². The maximum Gasteiger partial charge on any atom is 0.375 e. The molecule has 0 amide bonds. The van der Waals surface area contributed by atoms with Crippen LogP contribution in [0.15, 0.2) is 24.3 Å². The fourth-order valence-corrected chi connectivity index (χ4v) is 2.14. The van der Waals surface area contributed by atoms with Gasteiger partial charge in [0, 0.05) is 5.92 Å². The van der Waals surface area contributed by atoms with Gasteiger partial charge in [-0.15, -0.1) is 5.10 Å². The Bertz CT molecular complexity index is 635. The van der Waals surface area contributed by atoms with Crippen LogP contribution in [0.5, 0.6) is 0 Å². The molecule has 1 aromatic heterocycles. The van der Waals surface area contributed by atoms with Gasteiger partial charge in [0.25, 0.3) is 5.82 Å². The Labute approximate surface area is 108 Å². The summed E-state index contributed by atoms with van der Waals surface area (Å²) in [5.74, 6) is -0.982. The van der Waals surface area contributed by atoms with Crippen LogP contribution in [0.2, 0.25) is 0 Å². The van der Waals surface area contributed by atoms with Crippen molar-refractivity contribution in [3.8, 4) is 5.69 Å². The molecule has 98 valence electrons. The second-order valence-corrected chi connectivity index (χ2v) is 4.62. The molecular weight excluding hydrogens is 249 g/mol. The maximum absolute atomic E-state index is 13.3. The van der Waals surface area contributed by atoms with Crippen molar-refractivity contribution < 1.29 is 14.3 Å². The van der Waals surface area contributed by atoms with Crippen molar-refractivity contribution in [1.29, 1.82) is 0 Å². The van der Waals surface area contributed by atoms with Gasteiger partial charge in [-0.25, -0.2) is 18.9 Å². The largest absolute Gasteiger partial charge is 0.475 e. The van der Waals surface area contributed by atoms with Crippen molar-refractivity contribution in [2.45, 2.75) is 25.2 Å². The van der Waals surface area contributed by atoms with Gasteiger partial charge in [0.1, 0.15) is 11.6 Å². The highest BCUT2D eigenvalue weighted by Gasteiger charge is 2.28. The zero-order valence-electron chi connectivity index (χ0n) is 10.1. The van der Waals surface area contributed by atoms with Crippen molar-refractivity contribution in [2.75, 3.05) is 0 Å². The summed E-state index contributed by atoms with van der Waals surface area (Å²) in [5.41, 5.74) is 0.502. The lowest BCUT2D eigenvalue weighted by Crippen LogP contribution is -2.15. The van der Waals surface area contributed by atoms with E-state index in [1.807, 2.05) is 0 Å². The molecule has 1 aliphatic carbocycles. The van der Waals surface area contributed by atoms with Crippen LogP contribution in [0.1, 0.15) is 41.6 Å². The van der Waals surface area contributed by atoms with E-state index >= 15 is 0 Å². The minimum atomic E-state index is -1.17. The smallest absolute Gasteiger partial charge is 0.375 e. The lowest BCUT2D eigenvalue weighted by Gasteiger charge is -2.24. The molecule has 6 heteroatoms. The molecule has 0 unspecified atom stereocenters. The molecule has 1 heterocycles. The summed E-state index contributed by atoms with van der Waals surface area (Å²) in [7, 11) is 0. The molecule has 0 saturated heterocycles. The molecule has 1 N–H and O–H groups in total. The monoisotopic (exact) mass is 261 g/mol. The van der Waals surface area contributed by atoms with Gasteiger partial charge < -0.3 is 5.11 Å². The minimum absolute atomic E-state index is 0.212. The fourth-order valence-electron chi connectivity index (χ4n) is 2.14. The molecule has 1 fully saturated rings. The molecule has 2 aromatic rings. The maximum atomic E-state index is 13.3. The predicted octanol–water partition coefficient (Wildman–Crippen LogP) is 2.37. The Morgan fingerprint density at radius 3 is 2.79 bits per heavy atom. The number of halogens is 1. The number of aromatic nitrogens is 3. The molecular formula is C13H12FN3O2. The summed E-state index contributed by atoms with van der Waals surface area (Å²) >= 11 is 0. The van der Waals surface area contributed by atoms with E-state index in [2.05, 4.69) is 10.1 Å². The number of nitrogens with zero attached hydrogens (tertiary/aromatic N) is 3. The molecule has 5 nitrogen and oxygen atoms in total. The van der Waals surface area contributed by atoms with Crippen LogP contribution >= 0.6 is 0 Å². The van der Waals surface area contributed by atoms with Crippen LogP contribution in [0.3, 0.4) is 0 Å². The van der Waals surface area contributed by atoms with E-state index in [-0.39, 0.29) is 17.6 Å². The van der Waals surface area contributed by atoms with E-state index in [1.165, 1.54) is 16.8 Å². The summed E-state index contributed by atoms with van der Waals surface area (Å²) < 4.78 is 14.7. The van der Waals surface area contributed by atoms with Crippen LogP contribution in [0.4, 0.5) is 4.39 Å². The van der Waals surface area contributed by atoms with E-state index < -0.39 is 5.97 Å². The Morgan fingerprint density at radius 1 is 1.42 bits per heavy atom. The zero-order chi connectivity index (χ0) is 13.4. The number of carbonyl (C=O) groups is 1. The average molecular weight is 261 g/mol. The SMILES string of the molecule is O=C(O)c1nc(C2CCC2)n(-c2cccc(F)c2)n1. The normalized spacial score (nSPS) is 15.2. The number of carboxylic acid groups (broad SMARTS) is 1. The molecule has 1 aromatic carbocycles. The van der Waals surface area contributed by atoms with Crippen LogP contribution < -0.4 is 0 Å². The third-order valence-electron chi connectivity index (χ3n) is 3.35. The molecule has 0 aliphatic heterocycles. The van der Waals surface area contributed by atoms with Crippen LogP contribution in [0, 0.1) is 5.82 Å². The third kappa shape index (κ3) is 2.09. The second kappa shape index (κ2) is 4.46. The Balaban J connectivity index is 2.10. The lowest BCUT2D eigenvalue weighted by molar-refractivity contribution is 0.0683. The van der Waals surface area contributed by atoms with Crippen molar-refractivity contribution in [2.24, 2.45) is 0 Å². The van der Waals surface area contributed by atoms with E-state index in [1.54, 1.807) is 12.1 Å². The van der Waals surface area contributed by atoms with Gasteiger partial charge in [-0.05, 0) is 31.0 Å². The summed E-state index contributed by atoms with van der Waals surface area (Å²) in [6.07, 6.45) is 3.03. The quantitative estimate of drug-likeness (QED) is 0.921. The molecule has 0 radical (unpaired) electrons. The molecule has 1 saturated carbocycles. The zero-order valence-corrected chi connectivity index (χ0v) is 10.1. The summed E-state index contributed by atoms with van der Waals surface area (Å²) in [4.78, 5) is 15.0. The van der Waals surface area contributed by atoms with Crippen molar-refractivity contribution in [3.05, 3.63) is 41.7 Å². The van der Waals surface area contributed by atoms with E-state index in [0.29, 0.717) is 11.5 Å². The lowest BCUT2D eigenvalue weighted by atomic mass is 9.85. The fraction of sp³-hybridized carbons (Fsp3) is 0.308. The van der Waals surface area contributed by atoms with Crippen LogP contribution in [-0.2, 0) is 0 Å². The first-order valence-electron chi connectivity index (χ1n) is 6.11. The van der Waals surface area contributed by atoms with E-state index in [9.17, 15) is 9.18 Å². The second-order valence-electron chi connectivity index (χ2n) is 4.62. The van der Waals surface area contributed by atoms with Crippen molar-refractivity contribution in [1.82, 2.24) is 14.8 Å². The number of hydrogen-bond acceptors (Lipinski definition) is 3. The Morgan fingerprint density at radius 2 is 2.21 bits per heavy atom.